The molecule has 0 saturated carbocycles. The van der Waals surface area contributed by atoms with Crippen LogP contribution in [-0.4, -0.2) is 57.1 Å². The zero-order valence-electron chi connectivity index (χ0n) is 16.5. The lowest BCUT2D eigenvalue weighted by Crippen LogP contribution is -2.40. The molecule has 0 fully saturated rings. The number of hydrogen-bond donors (Lipinski definition) is 1. The minimum absolute atomic E-state index is 0.0234. The predicted molar refractivity (Wildman–Crippen MR) is 113 cm³/mol. The average molecular weight is 418 g/mol. The SMILES string of the molecule is CN(C)CCCN1C(=O)COc2ccc(NC(=O)COc3ccc(Cl)cc3)cc21. The molecule has 1 aliphatic heterocycles. The molecule has 3 rings (SSSR count). The molecule has 1 aliphatic rings. The smallest absolute Gasteiger partial charge is 0.265 e. The van der Waals surface area contributed by atoms with E-state index in [0.29, 0.717) is 34.4 Å². The van der Waals surface area contributed by atoms with Crippen molar-refractivity contribution >= 4 is 34.8 Å². The van der Waals surface area contributed by atoms with E-state index in [2.05, 4.69) is 10.2 Å². The molecule has 0 atom stereocenters. The van der Waals surface area contributed by atoms with Crippen LogP contribution in [0.4, 0.5) is 11.4 Å². The van der Waals surface area contributed by atoms with E-state index >= 15 is 0 Å². The fourth-order valence-electron chi connectivity index (χ4n) is 2.95. The van der Waals surface area contributed by atoms with Gasteiger partial charge >= 0.3 is 0 Å². The van der Waals surface area contributed by atoms with Crippen LogP contribution in [0, 0.1) is 0 Å². The summed E-state index contributed by atoms with van der Waals surface area (Å²) in [6, 6.07) is 12.0. The Morgan fingerprint density at radius 2 is 2.00 bits per heavy atom. The molecule has 1 heterocycles. The zero-order valence-corrected chi connectivity index (χ0v) is 17.2. The number of ether oxygens (including phenoxy) is 2. The van der Waals surface area contributed by atoms with Crippen LogP contribution in [0.15, 0.2) is 42.5 Å². The van der Waals surface area contributed by atoms with Gasteiger partial charge in [0.25, 0.3) is 11.8 Å². The largest absolute Gasteiger partial charge is 0.484 e. The molecule has 0 saturated heterocycles. The Hall–Kier alpha value is -2.77. The number of carbonyl (C=O) groups is 2. The van der Waals surface area contributed by atoms with E-state index in [1.165, 1.54) is 0 Å². The summed E-state index contributed by atoms with van der Waals surface area (Å²) in [5.41, 5.74) is 1.24. The van der Waals surface area contributed by atoms with Gasteiger partial charge in [0, 0.05) is 17.3 Å². The van der Waals surface area contributed by atoms with Crippen LogP contribution in [0.25, 0.3) is 0 Å². The van der Waals surface area contributed by atoms with Gasteiger partial charge < -0.3 is 24.6 Å². The number of halogens is 1. The Labute approximate surface area is 175 Å². The Morgan fingerprint density at radius 1 is 1.24 bits per heavy atom. The fourth-order valence-corrected chi connectivity index (χ4v) is 3.07. The summed E-state index contributed by atoms with van der Waals surface area (Å²) in [6.07, 6.45) is 0.837. The van der Waals surface area contributed by atoms with Crippen LogP contribution in [0.5, 0.6) is 11.5 Å². The van der Waals surface area contributed by atoms with E-state index in [1.54, 1.807) is 47.4 Å². The Morgan fingerprint density at radius 3 is 2.72 bits per heavy atom. The molecule has 2 amide bonds. The third-order valence-corrected chi connectivity index (χ3v) is 4.61. The van der Waals surface area contributed by atoms with Gasteiger partial charge in [0.1, 0.15) is 11.5 Å². The van der Waals surface area contributed by atoms with Crippen molar-refractivity contribution in [1.29, 1.82) is 0 Å². The predicted octanol–water partition coefficient (Wildman–Crippen LogP) is 3.03. The minimum Gasteiger partial charge on any atom is -0.484 e. The number of amides is 2. The third kappa shape index (κ3) is 5.85. The second-order valence-electron chi connectivity index (χ2n) is 6.96. The van der Waals surface area contributed by atoms with Gasteiger partial charge in [0.05, 0.1) is 5.69 Å². The highest BCUT2D eigenvalue weighted by atomic mass is 35.5. The number of hydrogen-bond acceptors (Lipinski definition) is 5. The van der Waals surface area contributed by atoms with Gasteiger partial charge in [-0.05, 0) is 69.5 Å². The summed E-state index contributed by atoms with van der Waals surface area (Å²) in [5, 5.41) is 3.39. The Kier molecular flexibility index (Phi) is 6.95. The van der Waals surface area contributed by atoms with Crippen molar-refractivity contribution in [1.82, 2.24) is 4.90 Å². The first-order valence-electron chi connectivity index (χ1n) is 9.32. The number of carbonyl (C=O) groups excluding carboxylic acids is 2. The average Bonchev–Trinajstić information content (AvgIpc) is 2.69. The monoisotopic (exact) mass is 417 g/mol. The van der Waals surface area contributed by atoms with Crippen LogP contribution < -0.4 is 19.7 Å². The standard InChI is InChI=1S/C21H24ClN3O4/c1-24(2)10-3-11-25-18-12-16(6-9-19(18)29-14-21(25)27)23-20(26)13-28-17-7-4-15(22)5-8-17/h4-9,12H,3,10-11,13-14H2,1-2H3,(H,23,26). The van der Waals surface area contributed by atoms with Crippen LogP contribution in [0.2, 0.25) is 5.02 Å². The first kappa shape index (κ1) is 21.0. The van der Waals surface area contributed by atoms with Crippen molar-refractivity contribution in [3.05, 3.63) is 47.5 Å². The molecule has 29 heavy (non-hydrogen) atoms. The number of nitrogens with zero attached hydrogens (tertiary/aromatic N) is 2. The molecular weight excluding hydrogens is 394 g/mol. The number of fused-ring (bicyclic) bond motifs is 1. The lowest BCUT2D eigenvalue weighted by molar-refractivity contribution is -0.121. The summed E-state index contributed by atoms with van der Waals surface area (Å²) in [5.74, 6) is 0.791. The van der Waals surface area contributed by atoms with Gasteiger partial charge in [0.2, 0.25) is 0 Å². The molecular formula is C21H24ClN3O4. The zero-order chi connectivity index (χ0) is 20.8. The molecule has 0 spiro atoms. The lowest BCUT2D eigenvalue weighted by Gasteiger charge is -2.30. The molecule has 0 aliphatic carbocycles. The quantitative estimate of drug-likeness (QED) is 0.714. The Bertz CT molecular complexity index is 871. The normalized spacial score (nSPS) is 13.1. The highest BCUT2D eigenvalue weighted by molar-refractivity contribution is 6.30. The van der Waals surface area contributed by atoms with Crippen LogP contribution in [0.1, 0.15) is 6.42 Å². The first-order chi connectivity index (χ1) is 13.9. The number of rotatable bonds is 8. The second kappa shape index (κ2) is 9.62. The number of anilines is 2. The molecule has 2 aromatic rings. The van der Waals surface area contributed by atoms with E-state index in [4.69, 9.17) is 21.1 Å². The maximum absolute atomic E-state index is 12.3. The van der Waals surface area contributed by atoms with E-state index < -0.39 is 0 Å². The molecule has 0 aromatic heterocycles. The molecule has 2 aromatic carbocycles. The fraction of sp³-hybridized carbons (Fsp3) is 0.333. The molecule has 0 bridgehead atoms. The molecule has 0 radical (unpaired) electrons. The van der Waals surface area contributed by atoms with Gasteiger partial charge in [-0.1, -0.05) is 11.6 Å². The first-order valence-corrected chi connectivity index (χ1v) is 9.70. The maximum Gasteiger partial charge on any atom is 0.265 e. The van der Waals surface area contributed by atoms with Crippen molar-refractivity contribution in [2.24, 2.45) is 0 Å². The van der Waals surface area contributed by atoms with Crippen molar-refractivity contribution in [3.63, 3.8) is 0 Å². The molecule has 0 unspecified atom stereocenters. The van der Waals surface area contributed by atoms with E-state index in [0.717, 1.165) is 13.0 Å². The van der Waals surface area contributed by atoms with Crippen molar-refractivity contribution in [2.45, 2.75) is 6.42 Å². The minimum atomic E-state index is -0.304. The van der Waals surface area contributed by atoms with E-state index in [-0.39, 0.29) is 25.0 Å². The molecule has 154 valence electrons. The van der Waals surface area contributed by atoms with Crippen molar-refractivity contribution in [2.75, 3.05) is 50.6 Å². The van der Waals surface area contributed by atoms with Crippen molar-refractivity contribution < 1.29 is 19.1 Å². The number of benzene rings is 2. The number of nitrogens with one attached hydrogen (secondary N) is 1. The summed E-state index contributed by atoms with van der Waals surface area (Å²) in [7, 11) is 3.99. The van der Waals surface area contributed by atoms with Gasteiger partial charge in [-0.3, -0.25) is 9.59 Å². The summed E-state index contributed by atoms with van der Waals surface area (Å²) in [4.78, 5) is 28.3. The summed E-state index contributed by atoms with van der Waals surface area (Å²) < 4.78 is 11.0. The highest BCUT2D eigenvalue weighted by Gasteiger charge is 2.25. The van der Waals surface area contributed by atoms with Gasteiger partial charge in [0.15, 0.2) is 13.2 Å². The maximum atomic E-state index is 12.3. The third-order valence-electron chi connectivity index (χ3n) is 4.36. The van der Waals surface area contributed by atoms with Crippen LogP contribution in [0.3, 0.4) is 0 Å². The molecule has 8 heteroatoms. The van der Waals surface area contributed by atoms with Gasteiger partial charge in [-0.15, -0.1) is 0 Å². The van der Waals surface area contributed by atoms with E-state index in [1.807, 2.05) is 14.1 Å². The highest BCUT2D eigenvalue weighted by Crippen LogP contribution is 2.34. The summed E-state index contributed by atoms with van der Waals surface area (Å²) >= 11 is 5.83. The Balaban J connectivity index is 1.63. The molecule has 7 nitrogen and oxygen atoms in total. The topological polar surface area (TPSA) is 71.1 Å². The van der Waals surface area contributed by atoms with Gasteiger partial charge in [-0.2, -0.15) is 0 Å². The summed E-state index contributed by atoms with van der Waals surface area (Å²) in [6.45, 7) is 1.35. The van der Waals surface area contributed by atoms with Crippen molar-refractivity contribution in [3.8, 4) is 11.5 Å². The van der Waals surface area contributed by atoms with E-state index in [9.17, 15) is 9.59 Å². The second-order valence-corrected chi connectivity index (χ2v) is 7.40. The lowest BCUT2D eigenvalue weighted by atomic mass is 10.2. The van der Waals surface area contributed by atoms with Gasteiger partial charge in [-0.25, -0.2) is 0 Å². The van der Waals surface area contributed by atoms with Crippen LogP contribution in [-0.2, 0) is 9.59 Å². The molecule has 1 N–H and O–H groups in total. The van der Waals surface area contributed by atoms with Crippen LogP contribution >= 0.6 is 11.6 Å².